The Morgan fingerprint density at radius 1 is 1.11 bits per heavy atom. The van der Waals surface area contributed by atoms with Crippen LogP contribution in [0.25, 0.3) is 0 Å². The van der Waals surface area contributed by atoms with Crippen molar-refractivity contribution in [2.45, 2.75) is 16.9 Å². The van der Waals surface area contributed by atoms with Crippen molar-refractivity contribution in [1.82, 2.24) is 0 Å². The van der Waals surface area contributed by atoms with Crippen molar-refractivity contribution in [3.05, 3.63) is 88.6 Å². The number of rotatable bonds is 4. The van der Waals surface area contributed by atoms with E-state index in [9.17, 15) is 4.79 Å². The lowest BCUT2D eigenvalue weighted by Gasteiger charge is -2.03. The summed E-state index contributed by atoms with van der Waals surface area (Å²) in [5.41, 5.74) is 0.650. The molecule has 7 heteroatoms. The van der Waals surface area contributed by atoms with Crippen LogP contribution in [-0.4, -0.2) is 5.91 Å². The Balaban J connectivity index is 0.000000202. The quantitative estimate of drug-likeness (QED) is 0.363. The summed E-state index contributed by atoms with van der Waals surface area (Å²) in [6.07, 6.45) is 3.12. The molecule has 0 saturated heterocycles. The molecule has 0 radical (unpaired) electrons. The third-order valence-electron chi connectivity index (χ3n) is 3.26. The van der Waals surface area contributed by atoms with Gasteiger partial charge in [0.15, 0.2) is 5.09 Å². The van der Waals surface area contributed by atoms with Gasteiger partial charge in [-0.25, -0.2) is 0 Å². The number of furan rings is 1. The molecule has 0 saturated carbocycles. The number of hydrogen-bond acceptors (Lipinski definition) is 4. The molecule has 3 aromatic rings. The zero-order valence-electron chi connectivity index (χ0n) is 14.9. The van der Waals surface area contributed by atoms with Gasteiger partial charge in [0.05, 0.1) is 6.26 Å². The van der Waals surface area contributed by atoms with Crippen molar-refractivity contribution < 1.29 is 9.21 Å². The van der Waals surface area contributed by atoms with Crippen LogP contribution in [0.15, 0.2) is 93.0 Å². The van der Waals surface area contributed by atoms with Crippen LogP contribution in [0.3, 0.4) is 0 Å². The SMILES string of the molecule is C/C=C(\C#N)C(=O)Nc1cccc(Cl)c1.Clc1ccc(Sc2ccco2)cc1. The fraction of sp³-hybridized carbons (Fsp3) is 0.0476. The number of allylic oxidation sites excluding steroid dienone is 1. The molecule has 0 atom stereocenters. The molecule has 0 aliphatic rings. The molecular weight excluding hydrogens is 415 g/mol. The molecule has 0 spiro atoms. The minimum absolute atomic E-state index is 0.0787. The number of amides is 1. The zero-order chi connectivity index (χ0) is 20.4. The second-order valence-electron chi connectivity index (χ2n) is 5.27. The molecule has 0 unspecified atom stereocenters. The van der Waals surface area contributed by atoms with E-state index in [1.807, 2.05) is 36.4 Å². The highest BCUT2D eigenvalue weighted by Gasteiger charge is 2.07. The number of carbonyl (C=O) groups excluding carboxylic acids is 1. The fourth-order valence-electron chi connectivity index (χ4n) is 1.95. The number of anilines is 1. The number of halogens is 2. The topological polar surface area (TPSA) is 66.0 Å². The van der Waals surface area contributed by atoms with Crippen LogP contribution >= 0.6 is 35.0 Å². The summed E-state index contributed by atoms with van der Waals surface area (Å²) < 4.78 is 5.20. The Morgan fingerprint density at radius 3 is 2.43 bits per heavy atom. The van der Waals surface area contributed by atoms with Crippen LogP contribution in [-0.2, 0) is 4.79 Å². The molecule has 142 valence electrons. The van der Waals surface area contributed by atoms with Gasteiger partial charge in [-0.05, 0) is 61.5 Å². The lowest BCUT2D eigenvalue weighted by Crippen LogP contribution is -2.13. The molecular formula is C21H16Cl2N2O2S. The van der Waals surface area contributed by atoms with Crippen LogP contribution in [0.4, 0.5) is 5.69 Å². The van der Waals surface area contributed by atoms with E-state index in [0.29, 0.717) is 10.7 Å². The molecule has 0 aliphatic carbocycles. The lowest BCUT2D eigenvalue weighted by atomic mass is 10.2. The van der Waals surface area contributed by atoms with Gasteiger partial charge in [0.2, 0.25) is 0 Å². The number of carbonyl (C=O) groups is 1. The molecule has 1 aromatic heterocycles. The summed E-state index contributed by atoms with van der Waals surface area (Å²) in [6, 6.07) is 20.0. The Hall–Kier alpha value is -2.65. The molecule has 28 heavy (non-hydrogen) atoms. The van der Waals surface area contributed by atoms with Gasteiger partial charge in [-0.15, -0.1) is 0 Å². The van der Waals surface area contributed by atoms with E-state index in [1.165, 1.54) is 6.08 Å². The largest absolute Gasteiger partial charge is 0.458 e. The smallest absolute Gasteiger partial charge is 0.265 e. The summed E-state index contributed by atoms with van der Waals surface area (Å²) >= 11 is 13.1. The van der Waals surface area contributed by atoms with E-state index in [2.05, 4.69) is 5.32 Å². The molecule has 1 N–H and O–H groups in total. The van der Waals surface area contributed by atoms with Gasteiger partial charge < -0.3 is 9.73 Å². The first-order valence-corrected chi connectivity index (χ1v) is 9.69. The third kappa shape index (κ3) is 7.16. The Labute approximate surface area is 177 Å². The highest BCUT2D eigenvalue weighted by atomic mass is 35.5. The molecule has 1 heterocycles. The van der Waals surface area contributed by atoms with Crippen molar-refractivity contribution >= 4 is 46.6 Å². The third-order valence-corrected chi connectivity index (χ3v) is 4.69. The zero-order valence-corrected chi connectivity index (χ0v) is 17.2. The predicted octanol–water partition coefficient (Wildman–Crippen LogP) is 6.83. The summed E-state index contributed by atoms with van der Waals surface area (Å²) in [6.45, 7) is 1.64. The standard InChI is InChI=1S/C11H9ClN2O.C10H7ClOS/c1-2-8(7-13)11(15)14-10-5-3-4-9(12)6-10;11-8-3-5-9(6-4-8)13-10-2-1-7-12-10/h2-6H,1H3,(H,14,15);1-7H/b8-2+;. The first kappa shape index (κ1) is 21.6. The van der Waals surface area contributed by atoms with Gasteiger partial charge in [-0.3, -0.25) is 4.79 Å². The van der Waals surface area contributed by atoms with E-state index in [-0.39, 0.29) is 5.57 Å². The summed E-state index contributed by atoms with van der Waals surface area (Å²) in [5.74, 6) is -0.428. The highest BCUT2D eigenvalue weighted by molar-refractivity contribution is 7.99. The minimum Gasteiger partial charge on any atom is -0.458 e. The monoisotopic (exact) mass is 430 g/mol. The Morgan fingerprint density at radius 2 is 1.86 bits per heavy atom. The first-order chi connectivity index (χ1) is 13.5. The maximum Gasteiger partial charge on any atom is 0.265 e. The number of nitrogens with zero attached hydrogens (tertiary/aromatic N) is 1. The van der Waals surface area contributed by atoms with Gasteiger partial charge >= 0.3 is 0 Å². The second kappa shape index (κ2) is 11.3. The van der Waals surface area contributed by atoms with E-state index in [1.54, 1.807) is 55.3 Å². The molecule has 0 aliphatic heterocycles. The van der Waals surface area contributed by atoms with Crippen molar-refractivity contribution in [2.75, 3.05) is 5.32 Å². The number of benzene rings is 2. The van der Waals surface area contributed by atoms with Gasteiger partial charge in [0.25, 0.3) is 5.91 Å². The molecule has 0 fully saturated rings. The van der Waals surface area contributed by atoms with Crippen molar-refractivity contribution in [1.29, 1.82) is 5.26 Å². The van der Waals surface area contributed by atoms with Crippen LogP contribution in [0.5, 0.6) is 0 Å². The second-order valence-corrected chi connectivity index (χ2v) is 7.22. The molecule has 2 aromatic carbocycles. The van der Waals surface area contributed by atoms with Crippen LogP contribution < -0.4 is 5.32 Å². The molecule has 4 nitrogen and oxygen atoms in total. The predicted molar refractivity (Wildman–Crippen MR) is 114 cm³/mol. The Bertz CT molecular complexity index is 978. The van der Waals surface area contributed by atoms with Gasteiger partial charge in [-0.1, -0.05) is 47.1 Å². The number of hydrogen-bond donors (Lipinski definition) is 1. The van der Waals surface area contributed by atoms with Crippen LogP contribution in [0.1, 0.15) is 6.92 Å². The average molecular weight is 431 g/mol. The summed E-state index contributed by atoms with van der Waals surface area (Å²) in [7, 11) is 0. The summed E-state index contributed by atoms with van der Waals surface area (Å²) in [4.78, 5) is 12.6. The fourth-order valence-corrected chi connectivity index (χ4v) is 3.02. The van der Waals surface area contributed by atoms with Crippen LogP contribution in [0, 0.1) is 11.3 Å². The summed E-state index contributed by atoms with van der Waals surface area (Å²) in [5, 5.41) is 13.4. The van der Waals surface area contributed by atoms with Gasteiger partial charge in [-0.2, -0.15) is 5.26 Å². The minimum atomic E-state index is -0.428. The van der Waals surface area contributed by atoms with E-state index in [4.69, 9.17) is 32.9 Å². The maximum absolute atomic E-state index is 11.4. The van der Waals surface area contributed by atoms with Crippen molar-refractivity contribution in [2.24, 2.45) is 0 Å². The first-order valence-electron chi connectivity index (χ1n) is 8.12. The lowest BCUT2D eigenvalue weighted by molar-refractivity contribution is -0.112. The van der Waals surface area contributed by atoms with Crippen LogP contribution in [0.2, 0.25) is 10.0 Å². The number of nitriles is 1. The maximum atomic E-state index is 11.4. The molecule has 3 rings (SSSR count). The van der Waals surface area contributed by atoms with Gasteiger partial charge in [0, 0.05) is 20.6 Å². The van der Waals surface area contributed by atoms with E-state index < -0.39 is 5.91 Å². The average Bonchev–Trinajstić information content (AvgIpc) is 3.18. The molecule has 1 amide bonds. The normalized spacial score (nSPS) is 10.4. The Kier molecular flexibility index (Phi) is 8.70. The highest BCUT2D eigenvalue weighted by Crippen LogP contribution is 2.28. The van der Waals surface area contributed by atoms with E-state index in [0.717, 1.165) is 15.0 Å². The van der Waals surface area contributed by atoms with Crippen molar-refractivity contribution in [3.8, 4) is 6.07 Å². The molecule has 0 bridgehead atoms. The van der Waals surface area contributed by atoms with Gasteiger partial charge in [0.1, 0.15) is 11.6 Å². The number of nitrogens with one attached hydrogen (secondary N) is 1. The van der Waals surface area contributed by atoms with E-state index >= 15 is 0 Å². The van der Waals surface area contributed by atoms with Crippen molar-refractivity contribution in [3.63, 3.8) is 0 Å².